The lowest BCUT2D eigenvalue weighted by molar-refractivity contribution is 0.0935. The fourth-order valence-corrected chi connectivity index (χ4v) is 2.15. The molecule has 0 aromatic carbocycles. The first-order valence-corrected chi connectivity index (χ1v) is 6.71. The highest BCUT2D eigenvalue weighted by atomic mass is 79.9. The van der Waals surface area contributed by atoms with E-state index in [1.54, 1.807) is 13.0 Å². The van der Waals surface area contributed by atoms with Crippen LogP contribution in [-0.2, 0) is 6.54 Å². The molecule has 2 aromatic rings. The molecule has 0 saturated heterocycles. The number of aromatic nitrogens is 3. The lowest BCUT2D eigenvalue weighted by atomic mass is 10.3. The monoisotopic (exact) mass is 326 g/mol. The molecular formula is C12H15BrN4O2. The molecule has 2 rings (SSSR count). The van der Waals surface area contributed by atoms with Crippen molar-refractivity contribution in [2.75, 3.05) is 0 Å². The number of nitrogens with zero attached hydrogens (tertiary/aromatic N) is 3. The predicted molar refractivity (Wildman–Crippen MR) is 72.7 cm³/mol. The first-order chi connectivity index (χ1) is 8.97. The average molecular weight is 327 g/mol. The summed E-state index contributed by atoms with van der Waals surface area (Å²) in [4.78, 5) is 16.2. The summed E-state index contributed by atoms with van der Waals surface area (Å²) in [5.41, 5.74) is 0.595. The van der Waals surface area contributed by atoms with Crippen molar-refractivity contribution in [3.05, 3.63) is 34.1 Å². The molecule has 102 valence electrons. The van der Waals surface area contributed by atoms with Gasteiger partial charge in [-0.1, -0.05) is 5.16 Å². The van der Waals surface area contributed by atoms with E-state index in [2.05, 4.69) is 31.4 Å². The zero-order chi connectivity index (χ0) is 14.0. The summed E-state index contributed by atoms with van der Waals surface area (Å²) in [6, 6.07) is 1.99. The topological polar surface area (TPSA) is 73.0 Å². The van der Waals surface area contributed by atoms with Crippen LogP contribution in [0.4, 0.5) is 0 Å². The molecule has 0 aliphatic carbocycles. The Kier molecular flexibility index (Phi) is 4.04. The maximum absolute atomic E-state index is 12.1. The van der Waals surface area contributed by atoms with Crippen molar-refractivity contribution < 1.29 is 9.32 Å². The second kappa shape index (κ2) is 5.56. The van der Waals surface area contributed by atoms with Gasteiger partial charge in [-0.15, -0.1) is 0 Å². The number of hydrogen-bond acceptors (Lipinski definition) is 4. The molecule has 2 aromatic heterocycles. The first-order valence-electron chi connectivity index (χ1n) is 5.92. The molecule has 19 heavy (non-hydrogen) atoms. The van der Waals surface area contributed by atoms with Gasteiger partial charge in [0.25, 0.3) is 5.91 Å². The van der Waals surface area contributed by atoms with Gasteiger partial charge in [-0.3, -0.25) is 4.79 Å². The molecule has 0 fully saturated rings. The predicted octanol–water partition coefficient (Wildman–Crippen LogP) is 2.45. The van der Waals surface area contributed by atoms with Crippen LogP contribution in [0.2, 0.25) is 0 Å². The summed E-state index contributed by atoms with van der Waals surface area (Å²) in [6.07, 6.45) is 1.89. The quantitative estimate of drug-likeness (QED) is 0.936. The van der Waals surface area contributed by atoms with Gasteiger partial charge in [-0.25, -0.2) is 0 Å². The van der Waals surface area contributed by atoms with E-state index in [1.807, 2.05) is 24.6 Å². The maximum atomic E-state index is 12.1. The summed E-state index contributed by atoms with van der Waals surface area (Å²) >= 11 is 3.38. The molecule has 1 N–H and O–H groups in total. The van der Waals surface area contributed by atoms with Gasteiger partial charge in [0.2, 0.25) is 5.89 Å². The van der Waals surface area contributed by atoms with E-state index < -0.39 is 0 Å². The van der Waals surface area contributed by atoms with Crippen LogP contribution in [0.1, 0.15) is 42.1 Å². The molecule has 7 heteroatoms. The number of halogens is 1. The van der Waals surface area contributed by atoms with E-state index >= 15 is 0 Å². The van der Waals surface area contributed by atoms with Crippen molar-refractivity contribution in [2.45, 2.75) is 33.4 Å². The highest BCUT2D eigenvalue weighted by molar-refractivity contribution is 9.10. The summed E-state index contributed by atoms with van der Waals surface area (Å²) in [6.45, 7) is 5.99. The van der Waals surface area contributed by atoms with E-state index in [0.29, 0.717) is 17.4 Å². The van der Waals surface area contributed by atoms with E-state index in [4.69, 9.17) is 4.52 Å². The van der Waals surface area contributed by atoms with Crippen LogP contribution in [0.25, 0.3) is 0 Å². The standard InChI is InChI=1S/C12H15BrN4O2/c1-7(2)17-6-9(13)4-10(17)12(18)14-5-11-15-8(3)16-19-11/h4,6-7H,5H2,1-3H3,(H,14,18). The summed E-state index contributed by atoms with van der Waals surface area (Å²) in [5, 5.41) is 6.43. The number of rotatable bonds is 4. The second-order valence-electron chi connectivity index (χ2n) is 4.46. The zero-order valence-electron chi connectivity index (χ0n) is 11.0. The lowest BCUT2D eigenvalue weighted by Crippen LogP contribution is -2.26. The Morgan fingerprint density at radius 3 is 2.89 bits per heavy atom. The molecular weight excluding hydrogens is 312 g/mol. The van der Waals surface area contributed by atoms with Crippen LogP contribution in [0, 0.1) is 6.92 Å². The number of carbonyl (C=O) groups is 1. The molecule has 0 atom stereocenters. The maximum Gasteiger partial charge on any atom is 0.268 e. The van der Waals surface area contributed by atoms with Gasteiger partial charge in [0.05, 0.1) is 6.54 Å². The van der Waals surface area contributed by atoms with Crippen LogP contribution in [0.15, 0.2) is 21.3 Å². The fourth-order valence-electron chi connectivity index (χ4n) is 1.71. The van der Waals surface area contributed by atoms with Crippen LogP contribution in [0.3, 0.4) is 0 Å². The fraction of sp³-hybridized carbons (Fsp3) is 0.417. The van der Waals surface area contributed by atoms with Crippen LogP contribution in [-0.4, -0.2) is 20.6 Å². The highest BCUT2D eigenvalue weighted by Crippen LogP contribution is 2.19. The number of hydrogen-bond donors (Lipinski definition) is 1. The molecule has 0 unspecified atom stereocenters. The molecule has 0 aliphatic rings. The first kappa shape index (κ1) is 13.8. The molecule has 0 saturated carbocycles. The Balaban J connectivity index is 2.07. The Morgan fingerprint density at radius 1 is 1.58 bits per heavy atom. The Morgan fingerprint density at radius 2 is 2.32 bits per heavy atom. The van der Waals surface area contributed by atoms with Gasteiger partial charge >= 0.3 is 0 Å². The number of nitrogens with one attached hydrogen (secondary N) is 1. The normalized spacial score (nSPS) is 11.0. The van der Waals surface area contributed by atoms with Crippen molar-refractivity contribution in [3.63, 3.8) is 0 Å². The summed E-state index contributed by atoms with van der Waals surface area (Å²) in [5.74, 6) is 0.778. The SMILES string of the molecule is Cc1noc(CNC(=O)c2cc(Br)cn2C(C)C)n1. The molecule has 0 spiro atoms. The van der Waals surface area contributed by atoms with Gasteiger partial charge in [-0.05, 0) is 42.8 Å². The number of aryl methyl sites for hydroxylation is 1. The largest absolute Gasteiger partial charge is 0.342 e. The Labute approximate surface area is 119 Å². The van der Waals surface area contributed by atoms with E-state index in [1.165, 1.54) is 0 Å². The third-order valence-electron chi connectivity index (χ3n) is 2.57. The minimum Gasteiger partial charge on any atom is -0.342 e. The molecule has 0 aliphatic heterocycles. The zero-order valence-corrected chi connectivity index (χ0v) is 12.6. The summed E-state index contributed by atoms with van der Waals surface area (Å²) in [7, 11) is 0. The molecule has 0 radical (unpaired) electrons. The van der Waals surface area contributed by atoms with Crippen LogP contribution in [0.5, 0.6) is 0 Å². The van der Waals surface area contributed by atoms with Gasteiger partial charge in [0.1, 0.15) is 5.69 Å². The van der Waals surface area contributed by atoms with E-state index in [0.717, 1.165) is 4.47 Å². The van der Waals surface area contributed by atoms with Gasteiger partial charge in [-0.2, -0.15) is 4.98 Å². The third kappa shape index (κ3) is 3.23. The Bertz CT molecular complexity index is 588. The van der Waals surface area contributed by atoms with Crippen molar-refractivity contribution in [1.29, 1.82) is 0 Å². The minimum absolute atomic E-state index is 0.171. The number of carbonyl (C=O) groups excluding carboxylic acids is 1. The molecule has 2 heterocycles. The Hall–Kier alpha value is -1.63. The minimum atomic E-state index is -0.171. The van der Waals surface area contributed by atoms with Crippen LogP contribution >= 0.6 is 15.9 Å². The van der Waals surface area contributed by atoms with Gasteiger partial charge < -0.3 is 14.4 Å². The van der Waals surface area contributed by atoms with E-state index in [9.17, 15) is 4.79 Å². The molecule has 0 bridgehead atoms. The van der Waals surface area contributed by atoms with Gasteiger partial charge in [0, 0.05) is 16.7 Å². The van der Waals surface area contributed by atoms with Crippen molar-refractivity contribution in [3.8, 4) is 0 Å². The molecule has 6 nitrogen and oxygen atoms in total. The second-order valence-corrected chi connectivity index (χ2v) is 5.38. The molecule has 1 amide bonds. The van der Waals surface area contributed by atoms with Crippen molar-refractivity contribution in [1.82, 2.24) is 20.0 Å². The van der Waals surface area contributed by atoms with Crippen LogP contribution < -0.4 is 5.32 Å². The highest BCUT2D eigenvalue weighted by Gasteiger charge is 2.15. The van der Waals surface area contributed by atoms with Crippen molar-refractivity contribution in [2.24, 2.45) is 0 Å². The van der Waals surface area contributed by atoms with Gasteiger partial charge in [0.15, 0.2) is 5.82 Å². The van der Waals surface area contributed by atoms with Crippen molar-refractivity contribution >= 4 is 21.8 Å². The smallest absolute Gasteiger partial charge is 0.268 e. The van der Waals surface area contributed by atoms with E-state index in [-0.39, 0.29) is 18.5 Å². The number of amides is 1. The average Bonchev–Trinajstić information content (AvgIpc) is 2.92. The lowest BCUT2D eigenvalue weighted by Gasteiger charge is -2.11. The third-order valence-corrected chi connectivity index (χ3v) is 3.01. The summed E-state index contributed by atoms with van der Waals surface area (Å²) < 4.78 is 7.72.